The van der Waals surface area contributed by atoms with Crippen LogP contribution in [0.4, 0.5) is 10.5 Å². The molecule has 0 spiro atoms. The summed E-state index contributed by atoms with van der Waals surface area (Å²) in [4.78, 5) is 11.6. The van der Waals surface area contributed by atoms with Crippen LogP contribution in [0.25, 0.3) is 11.1 Å². The molecule has 1 saturated heterocycles. The number of aromatic nitrogens is 2. The summed E-state index contributed by atoms with van der Waals surface area (Å²) in [6.07, 6.45) is 3.30. The number of benzene rings is 1. The van der Waals surface area contributed by atoms with Gasteiger partial charge in [-0.3, -0.25) is 4.68 Å². The number of rotatable bonds is 5. The van der Waals surface area contributed by atoms with E-state index < -0.39 is 11.7 Å². The molecule has 7 nitrogen and oxygen atoms in total. The summed E-state index contributed by atoms with van der Waals surface area (Å²) in [5.74, 6) is 0.695. The number of hydrogen-bond acceptors (Lipinski definition) is 6. The quantitative estimate of drug-likeness (QED) is 0.600. The van der Waals surface area contributed by atoms with E-state index in [1.165, 1.54) is 0 Å². The van der Waals surface area contributed by atoms with E-state index in [4.69, 9.17) is 15.2 Å². The van der Waals surface area contributed by atoms with Crippen molar-refractivity contribution in [2.24, 2.45) is 7.05 Å². The number of nitrogens with zero attached hydrogens (tertiary/aromatic N) is 2. The van der Waals surface area contributed by atoms with E-state index in [9.17, 15) is 4.79 Å². The van der Waals surface area contributed by atoms with Crippen molar-refractivity contribution in [1.29, 1.82) is 0 Å². The normalized spacial score (nSPS) is 21.6. The molecular formula is C19H26N4O3S. The number of nitrogens with one attached hydrogen (secondary N) is 1. The lowest BCUT2D eigenvalue weighted by Gasteiger charge is -2.21. The van der Waals surface area contributed by atoms with E-state index in [2.05, 4.69) is 10.4 Å². The number of hydrogen-bond donors (Lipinski definition) is 2. The molecule has 1 fully saturated rings. The second-order valence-electron chi connectivity index (χ2n) is 7.84. The Balaban J connectivity index is 1.58. The molecule has 1 amide bonds. The fraction of sp³-hybridized carbons (Fsp3) is 0.474. The van der Waals surface area contributed by atoms with Crippen LogP contribution >= 0.6 is 11.8 Å². The molecule has 27 heavy (non-hydrogen) atoms. The Morgan fingerprint density at radius 1 is 1.37 bits per heavy atom. The van der Waals surface area contributed by atoms with Crippen LogP contribution in [0.1, 0.15) is 27.7 Å². The standard InChI is InChI=1S/C19H26N4O3S/c1-18(2,3)26-17(24)22-19(4)16(27-19)11-25-15-7-12(6-14(20)8-15)13-9-21-23(5)10-13/h6-10,16H,11,20H2,1-5H3,(H,22,24)/t16?,19-/m0/s1. The second kappa shape index (κ2) is 6.99. The summed E-state index contributed by atoms with van der Waals surface area (Å²) in [6, 6.07) is 5.63. The van der Waals surface area contributed by atoms with Crippen LogP contribution in [-0.4, -0.2) is 38.2 Å². The molecule has 0 saturated carbocycles. The number of nitrogens with two attached hydrogens (primary N) is 1. The SMILES string of the molecule is Cn1cc(-c2cc(N)cc(OCC3S[C@]3(C)NC(=O)OC(C)(C)C)c2)cn1. The van der Waals surface area contributed by atoms with Gasteiger partial charge in [0.25, 0.3) is 0 Å². The Bertz CT molecular complexity index is 846. The van der Waals surface area contributed by atoms with Gasteiger partial charge in [0.1, 0.15) is 22.8 Å². The fourth-order valence-corrected chi connectivity index (χ4v) is 3.61. The molecule has 146 valence electrons. The van der Waals surface area contributed by atoms with E-state index in [-0.39, 0.29) is 10.1 Å². The number of ether oxygens (including phenoxy) is 2. The Morgan fingerprint density at radius 3 is 2.74 bits per heavy atom. The van der Waals surface area contributed by atoms with Crippen molar-refractivity contribution >= 4 is 23.5 Å². The van der Waals surface area contributed by atoms with Crippen LogP contribution in [0.3, 0.4) is 0 Å². The van der Waals surface area contributed by atoms with Gasteiger partial charge >= 0.3 is 6.09 Å². The van der Waals surface area contributed by atoms with Gasteiger partial charge in [-0.15, -0.1) is 11.8 Å². The monoisotopic (exact) mass is 390 g/mol. The average Bonchev–Trinajstić information content (AvgIpc) is 2.94. The zero-order valence-corrected chi connectivity index (χ0v) is 17.1. The van der Waals surface area contributed by atoms with Gasteiger partial charge in [-0.2, -0.15) is 5.10 Å². The Labute approximate surface area is 163 Å². The van der Waals surface area contributed by atoms with Crippen molar-refractivity contribution in [3.8, 4) is 16.9 Å². The summed E-state index contributed by atoms with van der Waals surface area (Å²) in [5.41, 5.74) is 8.06. The lowest BCUT2D eigenvalue weighted by Crippen LogP contribution is -2.41. The number of amides is 1. The minimum absolute atomic E-state index is 0.147. The molecule has 3 rings (SSSR count). The maximum absolute atomic E-state index is 12.0. The number of carbonyl (C=O) groups excluding carboxylic acids is 1. The van der Waals surface area contributed by atoms with E-state index in [0.29, 0.717) is 18.0 Å². The first-order valence-corrected chi connectivity index (χ1v) is 9.63. The average molecular weight is 391 g/mol. The molecule has 0 aliphatic carbocycles. The van der Waals surface area contributed by atoms with E-state index in [1.807, 2.05) is 53.1 Å². The maximum atomic E-state index is 12.0. The molecule has 0 radical (unpaired) electrons. The first-order valence-electron chi connectivity index (χ1n) is 8.75. The van der Waals surface area contributed by atoms with Crippen molar-refractivity contribution in [1.82, 2.24) is 15.1 Å². The van der Waals surface area contributed by atoms with Gasteiger partial charge in [-0.05, 0) is 45.4 Å². The van der Waals surface area contributed by atoms with Gasteiger partial charge < -0.3 is 20.5 Å². The molecule has 2 atom stereocenters. The minimum Gasteiger partial charge on any atom is -0.492 e. The van der Waals surface area contributed by atoms with Gasteiger partial charge in [0, 0.05) is 30.6 Å². The van der Waals surface area contributed by atoms with Gasteiger partial charge in [-0.25, -0.2) is 4.79 Å². The van der Waals surface area contributed by atoms with Crippen LogP contribution in [-0.2, 0) is 11.8 Å². The molecule has 1 aromatic heterocycles. The van der Waals surface area contributed by atoms with Crippen LogP contribution in [0, 0.1) is 0 Å². The smallest absolute Gasteiger partial charge is 0.408 e. The number of nitrogen functional groups attached to an aromatic ring is 1. The summed E-state index contributed by atoms with van der Waals surface area (Å²) in [5, 5.41) is 7.25. The number of aryl methyl sites for hydroxylation is 1. The Morgan fingerprint density at radius 2 is 2.11 bits per heavy atom. The highest BCUT2D eigenvalue weighted by molar-refractivity contribution is 8.08. The number of anilines is 1. The van der Waals surface area contributed by atoms with Crippen molar-refractivity contribution in [3.05, 3.63) is 30.6 Å². The summed E-state index contributed by atoms with van der Waals surface area (Å²) < 4.78 is 13.0. The molecule has 1 aliphatic heterocycles. The third kappa shape index (κ3) is 5.09. The van der Waals surface area contributed by atoms with Crippen LogP contribution in [0.15, 0.2) is 30.6 Å². The van der Waals surface area contributed by atoms with Crippen molar-refractivity contribution < 1.29 is 14.3 Å². The first kappa shape index (κ1) is 19.4. The zero-order valence-electron chi connectivity index (χ0n) is 16.3. The van der Waals surface area contributed by atoms with E-state index >= 15 is 0 Å². The zero-order chi connectivity index (χ0) is 19.8. The maximum Gasteiger partial charge on any atom is 0.408 e. The van der Waals surface area contributed by atoms with Crippen molar-refractivity contribution in [2.75, 3.05) is 12.3 Å². The number of thioether (sulfide) groups is 1. The highest BCUT2D eigenvalue weighted by atomic mass is 32.2. The molecule has 1 aliphatic rings. The van der Waals surface area contributed by atoms with Gasteiger partial charge in [0.15, 0.2) is 0 Å². The van der Waals surface area contributed by atoms with Gasteiger partial charge in [0.05, 0.1) is 11.4 Å². The summed E-state index contributed by atoms with van der Waals surface area (Å²) >= 11 is 1.64. The molecule has 8 heteroatoms. The lowest BCUT2D eigenvalue weighted by atomic mass is 10.1. The first-order chi connectivity index (χ1) is 12.5. The Kier molecular flexibility index (Phi) is 5.03. The molecule has 1 unspecified atom stereocenters. The topological polar surface area (TPSA) is 91.4 Å². The molecule has 2 aromatic rings. The summed E-state index contributed by atoms with van der Waals surface area (Å²) in [7, 11) is 1.87. The van der Waals surface area contributed by atoms with Gasteiger partial charge in [0.2, 0.25) is 0 Å². The lowest BCUT2D eigenvalue weighted by molar-refractivity contribution is 0.0505. The van der Waals surface area contributed by atoms with E-state index in [0.717, 1.165) is 11.1 Å². The van der Waals surface area contributed by atoms with Crippen molar-refractivity contribution in [3.63, 3.8) is 0 Å². The van der Waals surface area contributed by atoms with Gasteiger partial charge in [-0.1, -0.05) is 0 Å². The molecular weight excluding hydrogens is 364 g/mol. The van der Waals surface area contributed by atoms with Crippen LogP contribution in [0.2, 0.25) is 0 Å². The predicted octanol–water partition coefficient (Wildman–Crippen LogP) is 3.40. The highest BCUT2D eigenvalue weighted by Gasteiger charge is 2.54. The molecule has 0 bridgehead atoms. The Hall–Kier alpha value is -2.35. The largest absolute Gasteiger partial charge is 0.492 e. The van der Waals surface area contributed by atoms with E-state index in [1.54, 1.807) is 28.7 Å². The summed E-state index contributed by atoms with van der Waals surface area (Å²) in [6.45, 7) is 7.96. The highest BCUT2D eigenvalue weighted by Crippen LogP contribution is 2.51. The molecule has 1 aromatic carbocycles. The van der Waals surface area contributed by atoms with Crippen molar-refractivity contribution in [2.45, 2.75) is 43.4 Å². The van der Waals surface area contributed by atoms with Crippen LogP contribution < -0.4 is 15.8 Å². The third-order valence-corrected chi connectivity index (χ3v) is 5.58. The molecule has 3 N–H and O–H groups in total. The minimum atomic E-state index is -0.518. The predicted molar refractivity (Wildman–Crippen MR) is 108 cm³/mol. The van der Waals surface area contributed by atoms with Crippen LogP contribution in [0.5, 0.6) is 5.75 Å². The fourth-order valence-electron chi connectivity index (χ4n) is 2.69. The number of carbonyl (C=O) groups is 1. The molecule has 2 heterocycles. The third-order valence-electron chi connectivity index (χ3n) is 4.06. The number of alkyl carbamates (subject to hydrolysis) is 1. The second-order valence-corrected chi connectivity index (χ2v) is 9.50.